The molecule has 0 aliphatic heterocycles. The fourth-order valence-electron chi connectivity index (χ4n) is 1.08. The molecule has 0 atom stereocenters. The number of nitrogens with zero attached hydrogens (tertiary/aromatic N) is 1. The van der Waals surface area contributed by atoms with Gasteiger partial charge in [-0.15, -0.1) is 11.3 Å². The lowest BCUT2D eigenvalue weighted by Gasteiger charge is -2.03. The molecule has 0 aromatic carbocycles. The third-order valence-electron chi connectivity index (χ3n) is 1.88. The summed E-state index contributed by atoms with van der Waals surface area (Å²) in [6.45, 7) is 0.263. The molecular formula is C8H8BrN3O2S2. The van der Waals surface area contributed by atoms with Gasteiger partial charge in [0, 0.05) is 15.9 Å². The Balaban J connectivity index is 2.09. The maximum absolute atomic E-state index is 11.7. The Bertz CT molecular complexity index is 562. The number of H-pyrrole nitrogens is 1. The maximum atomic E-state index is 11.7. The molecule has 5 nitrogen and oxygen atoms in total. The molecule has 0 saturated carbocycles. The third kappa shape index (κ3) is 2.51. The number of aromatic nitrogens is 2. The summed E-state index contributed by atoms with van der Waals surface area (Å²) in [7, 11) is -3.49. The average molecular weight is 322 g/mol. The number of hydrogen-bond donors (Lipinski definition) is 2. The van der Waals surface area contributed by atoms with Gasteiger partial charge in [0.2, 0.25) is 0 Å². The predicted molar refractivity (Wildman–Crippen MR) is 64.6 cm³/mol. The Morgan fingerprint density at radius 2 is 2.38 bits per heavy atom. The van der Waals surface area contributed by atoms with Crippen LogP contribution in [0.2, 0.25) is 0 Å². The van der Waals surface area contributed by atoms with E-state index in [0.29, 0.717) is 0 Å². The van der Waals surface area contributed by atoms with Crippen molar-refractivity contribution in [2.45, 2.75) is 11.6 Å². The van der Waals surface area contributed by atoms with Crippen molar-refractivity contribution in [2.24, 2.45) is 0 Å². The van der Waals surface area contributed by atoms with Crippen molar-refractivity contribution in [2.75, 3.05) is 0 Å². The van der Waals surface area contributed by atoms with Gasteiger partial charge in [0.25, 0.3) is 10.0 Å². The van der Waals surface area contributed by atoms with E-state index < -0.39 is 10.0 Å². The molecule has 0 spiro atoms. The zero-order valence-corrected chi connectivity index (χ0v) is 11.2. The van der Waals surface area contributed by atoms with Crippen LogP contribution in [0, 0.1) is 0 Å². The van der Waals surface area contributed by atoms with Crippen LogP contribution in [0.5, 0.6) is 0 Å². The molecule has 0 saturated heterocycles. The van der Waals surface area contributed by atoms with Crippen molar-refractivity contribution in [1.29, 1.82) is 0 Å². The summed E-state index contributed by atoms with van der Waals surface area (Å²) in [6.07, 6.45) is 2.60. The molecule has 2 rings (SSSR count). The van der Waals surface area contributed by atoms with Crippen molar-refractivity contribution >= 4 is 37.3 Å². The number of thiophene rings is 1. The summed E-state index contributed by atoms with van der Waals surface area (Å²) in [4.78, 5) is 7.16. The Hall–Kier alpha value is -0.700. The number of hydrogen-bond acceptors (Lipinski definition) is 4. The number of rotatable bonds is 4. The van der Waals surface area contributed by atoms with Crippen LogP contribution in [0.15, 0.2) is 33.5 Å². The first-order chi connectivity index (χ1) is 7.59. The minimum absolute atomic E-state index is 0.0696. The van der Waals surface area contributed by atoms with Crippen molar-refractivity contribution in [1.82, 2.24) is 14.7 Å². The summed E-state index contributed by atoms with van der Waals surface area (Å²) in [6, 6.07) is 1.88. The van der Waals surface area contributed by atoms with Crippen molar-refractivity contribution < 1.29 is 8.42 Å². The van der Waals surface area contributed by atoms with E-state index in [2.05, 4.69) is 30.6 Å². The zero-order chi connectivity index (χ0) is 11.6. The average Bonchev–Trinajstić information content (AvgIpc) is 2.85. The number of nitrogens with one attached hydrogen (secondary N) is 2. The van der Waals surface area contributed by atoms with E-state index in [1.54, 1.807) is 0 Å². The molecule has 0 amide bonds. The van der Waals surface area contributed by atoms with Gasteiger partial charge < -0.3 is 4.98 Å². The summed E-state index contributed by atoms with van der Waals surface area (Å²) in [5.74, 6) is 0. The lowest BCUT2D eigenvalue weighted by Crippen LogP contribution is -2.23. The number of imidazole rings is 1. The molecule has 0 radical (unpaired) electrons. The molecule has 16 heavy (non-hydrogen) atoms. The van der Waals surface area contributed by atoms with Gasteiger partial charge >= 0.3 is 0 Å². The molecule has 8 heteroatoms. The van der Waals surface area contributed by atoms with Crippen molar-refractivity contribution in [3.05, 3.63) is 33.3 Å². The van der Waals surface area contributed by atoms with Gasteiger partial charge in [-0.05, 0) is 27.4 Å². The van der Waals surface area contributed by atoms with Crippen LogP contribution in [-0.4, -0.2) is 18.4 Å². The first-order valence-electron chi connectivity index (χ1n) is 4.29. The minimum atomic E-state index is -3.49. The van der Waals surface area contributed by atoms with Crippen LogP contribution in [0.1, 0.15) is 4.88 Å². The second-order valence-corrected chi connectivity index (χ2v) is 6.52. The Morgan fingerprint density at radius 1 is 1.56 bits per heavy atom. The summed E-state index contributed by atoms with van der Waals surface area (Å²) < 4.78 is 26.8. The van der Waals surface area contributed by atoms with Gasteiger partial charge in [-0.1, -0.05) is 0 Å². The monoisotopic (exact) mass is 321 g/mol. The number of halogens is 1. The van der Waals surface area contributed by atoms with E-state index in [4.69, 9.17) is 0 Å². The van der Waals surface area contributed by atoms with Gasteiger partial charge in [-0.2, -0.15) is 0 Å². The van der Waals surface area contributed by atoms with E-state index in [1.807, 2.05) is 11.4 Å². The molecule has 2 aromatic heterocycles. The highest BCUT2D eigenvalue weighted by molar-refractivity contribution is 9.10. The van der Waals surface area contributed by atoms with Crippen LogP contribution < -0.4 is 4.72 Å². The van der Waals surface area contributed by atoms with Crippen LogP contribution in [0.4, 0.5) is 0 Å². The Kier molecular flexibility index (Phi) is 3.43. The number of aromatic amines is 1. The number of sulfonamides is 1. The van der Waals surface area contributed by atoms with E-state index in [0.717, 1.165) is 9.35 Å². The van der Waals surface area contributed by atoms with Gasteiger partial charge in [0.05, 0.1) is 12.5 Å². The van der Waals surface area contributed by atoms with Crippen LogP contribution in [-0.2, 0) is 16.6 Å². The fraction of sp³-hybridized carbons (Fsp3) is 0.125. The molecule has 2 N–H and O–H groups in total. The van der Waals surface area contributed by atoms with Gasteiger partial charge in [0.1, 0.15) is 0 Å². The molecule has 2 heterocycles. The second-order valence-electron chi connectivity index (χ2n) is 2.93. The molecule has 0 bridgehead atoms. The minimum Gasteiger partial charge on any atom is -0.335 e. The highest BCUT2D eigenvalue weighted by Crippen LogP contribution is 2.22. The van der Waals surface area contributed by atoms with Crippen LogP contribution in [0.25, 0.3) is 0 Å². The Morgan fingerprint density at radius 3 is 2.94 bits per heavy atom. The highest BCUT2D eigenvalue weighted by Gasteiger charge is 2.15. The van der Waals surface area contributed by atoms with Crippen LogP contribution in [0.3, 0.4) is 0 Å². The molecule has 2 aromatic rings. The normalized spacial score (nSPS) is 11.8. The molecule has 86 valence electrons. The molecule has 0 aliphatic rings. The van der Waals surface area contributed by atoms with Crippen LogP contribution >= 0.6 is 27.3 Å². The molecule has 0 fully saturated rings. The molecular weight excluding hydrogens is 314 g/mol. The standard InChI is InChI=1S/C8H8BrN3O2S2/c9-6-1-2-15-7(6)3-12-16(13,14)8-4-10-5-11-8/h1-2,4-5,12H,3H2,(H,10,11). The summed E-state index contributed by atoms with van der Waals surface area (Å²) >= 11 is 4.83. The van der Waals surface area contributed by atoms with E-state index in [-0.39, 0.29) is 11.6 Å². The van der Waals surface area contributed by atoms with Gasteiger partial charge in [-0.25, -0.2) is 18.1 Å². The van der Waals surface area contributed by atoms with E-state index >= 15 is 0 Å². The van der Waals surface area contributed by atoms with Crippen molar-refractivity contribution in [3.63, 3.8) is 0 Å². The molecule has 0 aliphatic carbocycles. The first-order valence-corrected chi connectivity index (χ1v) is 7.45. The quantitative estimate of drug-likeness (QED) is 0.900. The Labute approximate surface area is 105 Å². The third-order valence-corrected chi connectivity index (χ3v) is 5.13. The maximum Gasteiger partial charge on any atom is 0.257 e. The largest absolute Gasteiger partial charge is 0.335 e. The second kappa shape index (κ2) is 4.66. The SMILES string of the molecule is O=S(=O)(NCc1sccc1Br)c1cnc[nH]1. The van der Waals surface area contributed by atoms with Gasteiger partial charge in [0.15, 0.2) is 5.03 Å². The lowest BCUT2D eigenvalue weighted by molar-refractivity contribution is 0.578. The topological polar surface area (TPSA) is 74.8 Å². The van der Waals surface area contributed by atoms with E-state index in [1.165, 1.54) is 23.9 Å². The highest BCUT2D eigenvalue weighted by atomic mass is 79.9. The van der Waals surface area contributed by atoms with Crippen molar-refractivity contribution in [3.8, 4) is 0 Å². The van der Waals surface area contributed by atoms with E-state index in [9.17, 15) is 8.42 Å². The molecule has 0 unspecified atom stereocenters. The summed E-state index contributed by atoms with van der Waals surface area (Å²) in [5, 5.41) is 1.96. The first kappa shape index (κ1) is 11.8. The summed E-state index contributed by atoms with van der Waals surface area (Å²) in [5.41, 5.74) is 0. The smallest absolute Gasteiger partial charge is 0.257 e. The zero-order valence-electron chi connectivity index (χ0n) is 7.97. The lowest BCUT2D eigenvalue weighted by atomic mass is 10.5. The van der Waals surface area contributed by atoms with Gasteiger partial charge in [-0.3, -0.25) is 0 Å². The predicted octanol–water partition coefficient (Wildman–Crippen LogP) is 1.71. The fourth-order valence-corrected chi connectivity index (χ4v) is 3.50.